The molecular formula is C17H18N2O4. The molecule has 2 rings (SSSR count). The monoisotopic (exact) mass is 314 g/mol. The number of methoxy groups -OCH3 is 1. The number of carbonyl (C=O) groups is 1. The highest BCUT2D eigenvalue weighted by atomic mass is 16.6. The first-order chi connectivity index (χ1) is 11.1. The van der Waals surface area contributed by atoms with Gasteiger partial charge in [0.2, 0.25) is 0 Å². The van der Waals surface area contributed by atoms with E-state index in [1.165, 1.54) is 30.9 Å². The van der Waals surface area contributed by atoms with Crippen molar-refractivity contribution in [2.24, 2.45) is 0 Å². The normalized spacial score (nSPS) is 10.1. The van der Waals surface area contributed by atoms with Crippen molar-refractivity contribution >= 4 is 11.6 Å². The number of hydrogen-bond acceptors (Lipinski definition) is 4. The molecule has 0 aromatic heterocycles. The van der Waals surface area contributed by atoms with Gasteiger partial charge >= 0.3 is 0 Å². The Morgan fingerprint density at radius 3 is 2.61 bits per heavy atom. The van der Waals surface area contributed by atoms with Gasteiger partial charge in [-0.15, -0.1) is 0 Å². The molecule has 0 bridgehead atoms. The predicted molar refractivity (Wildman–Crippen MR) is 86.7 cm³/mol. The van der Waals surface area contributed by atoms with E-state index in [1.807, 2.05) is 30.3 Å². The van der Waals surface area contributed by atoms with E-state index in [-0.39, 0.29) is 17.2 Å². The molecule has 0 fully saturated rings. The molecule has 0 aliphatic heterocycles. The fraction of sp³-hybridized carbons (Fsp3) is 0.235. The van der Waals surface area contributed by atoms with Crippen molar-refractivity contribution in [2.75, 3.05) is 13.7 Å². The number of nitrogens with zero attached hydrogens (tertiary/aromatic N) is 1. The molecule has 0 unspecified atom stereocenters. The summed E-state index contributed by atoms with van der Waals surface area (Å²) in [5.41, 5.74) is 1.23. The summed E-state index contributed by atoms with van der Waals surface area (Å²) in [6.07, 6.45) is 1.64. The third-order valence-corrected chi connectivity index (χ3v) is 3.41. The number of nitro groups is 1. The third kappa shape index (κ3) is 4.54. The first-order valence-corrected chi connectivity index (χ1v) is 7.26. The zero-order chi connectivity index (χ0) is 16.7. The molecule has 0 aliphatic carbocycles. The van der Waals surface area contributed by atoms with Crippen LogP contribution in [0.15, 0.2) is 48.5 Å². The molecule has 0 radical (unpaired) electrons. The minimum atomic E-state index is -0.536. The van der Waals surface area contributed by atoms with Crippen molar-refractivity contribution in [2.45, 2.75) is 12.8 Å². The number of benzene rings is 2. The van der Waals surface area contributed by atoms with Crippen LogP contribution in [0, 0.1) is 10.1 Å². The molecular weight excluding hydrogens is 296 g/mol. The van der Waals surface area contributed by atoms with E-state index < -0.39 is 4.92 Å². The Morgan fingerprint density at radius 1 is 1.22 bits per heavy atom. The van der Waals surface area contributed by atoms with Crippen LogP contribution in [-0.4, -0.2) is 24.5 Å². The Hall–Kier alpha value is -2.89. The topological polar surface area (TPSA) is 81.5 Å². The highest BCUT2D eigenvalue weighted by Gasteiger charge is 2.17. The number of rotatable bonds is 7. The van der Waals surface area contributed by atoms with Gasteiger partial charge in [0.15, 0.2) is 0 Å². The quantitative estimate of drug-likeness (QED) is 0.484. The summed E-state index contributed by atoms with van der Waals surface area (Å²) in [6.45, 7) is 0.486. The van der Waals surface area contributed by atoms with Crippen LogP contribution in [0.25, 0.3) is 0 Å². The van der Waals surface area contributed by atoms with Crippen LogP contribution in [0.5, 0.6) is 5.75 Å². The molecule has 0 spiro atoms. The number of non-ortho nitro benzene ring substituents is 1. The van der Waals surface area contributed by atoms with Crippen LogP contribution in [0.4, 0.5) is 5.69 Å². The predicted octanol–water partition coefficient (Wildman–Crippen LogP) is 2.97. The smallest absolute Gasteiger partial charge is 0.270 e. The molecule has 6 nitrogen and oxygen atoms in total. The number of carbonyl (C=O) groups excluding carboxylic acids is 1. The lowest BCUT2D eigenvalue weighted by molar-refractivity contribution is -0.384. The molecule has 0 saturated heterocycles. The van der Waals surface area contributed by atoms with Crippen molar-refractivity contribution in [3.8, 4) is 5.75 Å². The van der Waals surface area contributed by atoms with Gasteiger partial charge in [0, 0.05) is 18.7 Å². The van der Waals surface area contributed by atoms with Crippen LogP contribution in [0.2, 0.25) is 0 Å². The Bertz CT molecular complexity index is 686. The van der Waals surface area contributed by atoms with Crippen LogP contribution in [-0.2, 0) is 6.42 Å². The second kappa shape index (κ2) is 7.93. The largest absolute Gasteiger partial charge is 0.496 e. The summed E-state index contributed by atoms with van der Waals surface area (Å²) < 4.78 is 5.09. The third-order valence-electron chi connectivity index (χ3n) is 3.41. The van der Waals surface area contributed by atoms with Gasteiger partial charge in [0.05, 0.1) is 17.6 Å². The number of ether oxygens (including phenoxy) is 1. The highest BCUT2D eigenvalue weighted by molar-refractivity contribution is 5.97. The fourth-order valence-corrected chi connectivity index (χ4v) is 2.22. The van der Waals surface area contributed by atoms with Crippen LogP contribution >= 0.6 is 0 Å². The van der Waals surface area contributed by atoms with Crippen molar-refractivity contribution in [1.29, 1.82) is 0 Å². The van der Waals surface area contributed by atoms with E-state index in [0.717, 1.165) is 12.8 Å². The van der Waals surface area contributed by atoms with E-state index in [1.54, 1.807) is 0 Å². The second-order valence-corrected chi connectivity index (χ2v) is 4.99. The molecule has 2 aromatic carbocycles. The molecule has 2 aromatic rings. The minimum Gasteiger partial charge on any atom is -0.496 e. The van der Waals surface area contributed by atoms with Crippen molar-refractivity contribution in [3.63, 3.8) is 0 Å². The van der Waals surface area contributed by atoms with Crippen LogP contribution in [0.1, 0.15) is 22.3 Å². The first kappa shape index (κ1) is 16.5. The molecule has 120 valence electrons. The molecule has 0 atom stereocenters. The van der Waals surface area contributed by atoms with E-state index in [4.69, 9.17) is 4.74 Å². The molecule has 0 heterocycles. The van der Waals surface area contributed by atoms with Gasteiger partial charge in [-0.05, 0) is 24.5 Å². The van der Waals surface area contributed by atoms with Gasteiger partial charge < -0.3 is 10.1 Å². The van der Waals surface area contributed by atoms with E-state index >= 15 is 0 Å². The summed E-state index contributed by atoms with van der Waals surface area (Å²) >= 11 is 0. The van der Waals surface area contributed by atoms with Gasteiger partial charge in [-0.25, -0.2) is 0 Å². The summed E-state index contributed by atoms with van der Waals surface area (Å²) in [5.74, 6) is -0.0604. The summed E-state index contributed by atoms with van der Waals surface area (Å²) in [7, 11) is 1.42. The average molecular weight is 314 g/mol. The molecule has 23 heavy (non-hydrogen) atoms. The Morgan fingerprint density at radius 2 is 1.96 bits per heavy atom. The number of nitrogens with one attached hydrogen (secondary N) is 1. The SMILES string of the molecule is COc1ccc([N+](=O)[O-])cc1C(=O)NCCCc1ccccc1. The maximum Gasteiger partial charge on any atom is 0.270 e. The van der Waals surface area contributed by atoms with Gasteiger partial charge in [0.1, 0.15) is 5.75 Å². The van der Waals surface area contributed by atoms with Gasteiger partial charge in [0.25, 0.3) is 11.6 Å². The van der Waals surface area contributed by atoms with Crippen molar-refractivity contribution < 1.29 is 14.5 Å². The molecule has 1 N–H and O–H groups in total. The summed E-state index contributed by atoms with van der Waals surface area (Å²) in [4.78, 5) is 22.5. The van der Waals surface area contributed by atoms with Gasteiger partial charge in [-0.3, -0.25) is 14.9 Å². The lowest BCUT2D eigenvalue weighted by Gasteiger charge is -2.09. The lowest BCUT2D eigenvalue weighted by atomic mass is 10.1. The van der Waals surface area contributed by atoms with Crippen LogP contribution in [0.3, 0.4) is 0 Å². The number of nitro benzene ring substituents is 1. The van der Waals surface area contributed by atoms with Gasteiger partial charge in [-0.1, -0.05) is 30.3 Å². The summed E-state index contributed by atoms with van der Waals surface area (Å²) in [5, 5.41) is 13.6. The number of aryl methyl sites for hydroxylation is 1. The molecule has 6 heteroatoms. The second-order valence-electron chi connectivity index (χ2n) is 4.99. The molecule has 1 amide bonds. The Balaban J connectivity index is 1.94. The van der Waals surface area contributed by atoms with E-state index in [0.29, 0.717) is 12.3 Å². The highest BCUT2D eigenvalue weighted by Crippen LogP contribution is 2.23. The number of amides is 1. The average Bonchev–Trinajstić information content (AvgIpc) is 2.58. The van der Waals surface area contributed by atoms with Crippen LogP contribution < -0.4 is 10.1 Å². The number of hydrogen-bond donors (Lipinski definition) is 1. The Labute approximate surface area is 134 Å². The first-order valence-electron chi connectivity index (χ1n) is 7.26. The standard InChI is InChI=1S/C17H18N2O4/c1-23-16-10-9-14(19(21)22)12-15(16)17(20)18-11-5-8-13-6-3-2-4-7-13/h2-4,6-7,9-10,12H,5,8,11H2,1H3,(H,18,20). The fourth-order valence-electron chi connectivity index (χ4n) is 2.22. The zero-order valence-electron chi connectivity index (χ0n) is 12.8. The van der Waals surface area contributed by atoms with Gasteiger partial charge in [-0.2, -0.15) is 0 Å². The maximum atomic E-state index is 12.2. The van der Waals surface area contributed by atoms with E-state index in [2.05, 4.69) is 5.32 Å². The Kier molecular flexibility index (Phi) is 5.68. The minimum absolute atomic E-state index is 0.139. The molecule has 0 saturated carbocycles. The van der Waals surface area contributed by atoms with E-state index in [9.17, 15) is 14.9 Å². The zero-order valence-corrected chi connectivity index (χ0v) is 12.8. The maximum absolute atomic E-state index is 12.2. The van der Waals surface area contributed by atoms with Crippen molar-refractivity contribution in [1.82, 2.24) is 5.32 Å². The molecule has 0 aliphatic rings. The summed E-state index contributed by atoms with van der Waals surface area (Å²) in [6, 6.07) is 13.9. The van der Waals surface area contributed by atoms with Crippen molar-refractivity contribution in [3.05, 3.63) is 69.8 Å². The lowest BCUT2D eigenvalue weighted by Crippen LogP contribution is -2.25.